The minimum atomic E-state index is -3.64. The molecule has 1 aliphatic rings. The average Bonchev–Trinajstić information content (AvgIpc) is 2.47. The Hall–Kier alpha value is -1.51. The first kappa shape index (κ1) is 14.9. The molecule has 1 saturated heterocycles. The number of nitro benzene ring substituents is 1. The van der Waals surface area contributed by atoms with Crippen LogP contribution in [0.25, 0.3) is 0 Å². The predicted molar refractivity (Wildman–Crippen MR) is 73.7 cm³/mol. The molecule has 2 rings (SSSR count). The summed E-state index contributed by atoms with van der Waals surface area (Å²) in [6.45, 7) is 0.730. The van der Waals surface area contributed by atoms with Crippen LogP contribution in [-0.4, -0.2) is 36.8 Å². The summed E-state index contributed by atoms with van der Waals surface area (Å²) < 4.78 is 26.5. The third-order valence-electron chi connectivity index (χ3n) is 3.50. The Balaban J connectivity index is 2.31. The highest BCUT2D eigenvalue weighted by Gasteiger charge is 2.32. The van der Waals surface area contributed by atoms with Crippen LogP contribution in [0.5, 0.6) is 0 Å². The van der Waals surface area contributed by atoms with Crippen molar-refractivity contribution in [3.8, 4) is 0 Å². The molecule has 0 spiro atoms. The van der Waals surface area contributed by atoms with Gasteiger partial charge in [-0.3, -0.25) is 10.1 Å². The second-order valence-corrected chi connectivity index (χ2v) is 6.64. The second kappa shape index (κ2) is 5.86. The normalized spacial score (nSPS) is 20.8. The Morgan fingerprint density at radius 1 is 1.30 bits per heavy atom. The smallest absolute Gasteiger partial charge is 0.269 e. The first-order chi connectivity index (χ1) is 9.46. The van der Waals surface area contributed by atoms with E-state index in [0.29, 0.717) is 6.54 Å². The molecule has 1 fully saturated rings. The minimum Gasteiger partial charge on any atom is -0.329 e. The molecule has 1 heterocycles. The number of nitro groups is 1. The number of piperidine rings is 1. The number of rotatable bonds is 4. The standard InChI is InChI=1S/C12H17N3O4S/c13-9-11-3-1-2-8-14(11)20(18,19)12-6-4-10(5-7-12)15(16)17/h4-7,11H,1-3,8-9,13H2/t11-/m0/s1. The average molecular weight is 299 g/mol. The van der Waals surface area contributed by atoms with E-state index in [1.807, 2.05) is 0 Å². The summed E-state index contributed by atoms with van der Waals surface area (Å²) in [4.78, 5) is 10.1. The van der Waals surface area contributed by atoms with Gasteiger partial charge in [0, 0.05) is 31.3 Å². The van der Waals surface area contributed by atoms with E-state index >= 15 is 0 Å². The summed E-state index contributed by atoms with van der Waals surface area (Å²) >= 11 is 0. The molecule has 2 N–H and O–H groups in total. The van der Waals surface area contributed by atoms with Crippen molar-refractivity contribution < 1.29 is 13.3 Å². The lowest BCUT2D eigenvalue weighted by atomic mass is 10.1. The first-order valence-corrected chi connectivity index (χ1v) is 7.87. The molecular formula is C12H17N3O4S. The maximum atomic E-state index is 12.5. The summed E-state index contributed by atoms with van der Waals surface area (Å²) in [6, 6.07) is 4.76. The zero-order valence-electron chi connectivity index (χ0n) is 10.9. The summed E-state index contributed by atoms with van der Waals surface area (Å²) in [6.07, 6.45) is 2.53. The van der Waals surface area contributed by atoms with Crippen molar-refractivity contribution in [2.45, 2.75) is 30.2 Å². The van der Waals surface area contributed by atoms with E-state index in [2.05, 4.69) is 0 Å². The van der Waals surface area contributed by atoms with Gasteiger partial charge in [-0.15, -0.1) is 0 Å². The third kappa shape index (κ3) is 2.82. The van der Waals surface area contributed by atoms with Crippen LogP contribution < -0.4 is 5.73 Å². The van der Waals surface area contributed by atoms with Crippen LogP contribution in [0.1, 0.15) is 19.3 Å². The molecule has 20 heavy (non-hydrogen) atoms. The van der Waals surface area contributed by atoms with E-state index in [0.717, 1.165) is 19.3 Å². The Bertz CT molecular complexity index is 585. The van der Waals surface area contributed by atoms with Gasteiger partial charge in [-0.25, -0.2) is 8.42 Å². The lowest BCUT2D eigenvalue weighted by molar-refractivity contribution is -0.384. The number of hydrogen-bond donors (Lipinski definition) is 1. The molecule has 0 bridgehead atoms. The number of benzene rings is 1. The van der Waals surface area contributed by atoms with Crippen LogP contribution in [0.2, 0.25) is 0 Å². The molecule has 0 radical (unpaired) electrons. The highest BCUT2D eigenvalue weighted by Crippen LogP contribution is 2.26. The van der Waals surface area contributed by atoms with E-state index in [9.17, 15) is 18.5 Å². The largest absolute Gasteiger partial charge is 0.329 e. The summed E-state index contributed by atoms with van der Waals surface area (Å²) in [5.41, 5.74) is 5.51. The van der Waals surface area contributed by atoms with Gasteiger partial charge < -0.3 is 5.73 Å². The van der Waals surface area contributed by atoms with Crippen LogP contribution in [0.15, 0.2) is 29.2 Å². The van der Waals surface area contributed by atoms with Gasteiger partial charge >= 0.3 is 0 Å². The molecule has 8 heteroatoms. The third-order valence-corrected chi connectivity index (χ3v) is 5.47. The quantitative estimate of drug-likeness (QED) is 0.661. The van der Waals surface area contributed by atoms with Gasteiger partial charge in [0.05, 0.1) is 9.82 Å². The highest BCUT2D eigenvalue weighted by molar-refractivity contribution is 7.89. The van der Waals surface area contributed by atoms with Crippen LogP contribution in [-0.2, 0) is 10.0 Å². The van der Waals surface area contributed by atoms with Gasteiger partial charge in [0.1, 0.15) is 0 Å². The van der Waals surface area contributed by atoms with Gasteiger partial charge in [-0.1, -0.05) is 6.42 Å². The summed E-state index contributed by atoms with van der Waals surface area (Å²) in [5, 5.41) is 10.6. The van der Waals surface area contributed by atoms with Gasteiger partial charge in [0.25, 0.3) is 5.69 Å². The van der Waals surface area contributed by atoms with E-state index in [4.69, 9.17) is 5.73 Å². The topological polar surface area (TPSA) is 107 Å². The highest BCUT2D eigenvalue weighted by atomic mass is 32.2. The van der Waals surface area contributed by atoms with Crippen molar-refractivity contribution in [1.82, 2.24) is 4.31 Å². The van der Waals surface area contributed by atoms with Crippen LogP contribution in [0.4, 0.5) is 5.69 Å². The molecule has 1 aromatic rings. The number of non-ortho nitro benzene ring substituents is 1. The molecule has 0 amide bonds. The van der Waals surface area contributed by atoms with Crippen molar-refractivity contribution in [2.75, 3.05) is 13.1 Å². The van der Waals surface area contributed by atoms with E-state index in [1.54, 1.807) is 0 Å². The predicted octanol–water partition coefficient (Wildman–Crippen LogP) is 1.10. The summed E-state index contributed by atoms with van der Waals surface area (Å²) in [5.74, 6) is 0. The zero-order valence-corrected chi connectivity index (χ0v) is 11.8. The fourth-order valence-corrected chi connectivity index (χ4v) is 4.11. The summed E-state index contributed by atoms with van der Waals surface area (Å²) in [7, 11) is -3.64. The van der Waals surface area contributed by atoms with Crippen molar-refractivity contribution in [3.05, 3.63) is 34.4 Å². The second-order valence-electron chi connectivity index (χ2n) is 4.75. The maximum Gasteiger partial charge on any atom is 0.269 e. The van der Waals surface area contributed by atoms with Crippen molar-refractivity contribution in [1.29, 1.82) is 0 Å². The molecule has 0 unspecified atom stereocenters. The van der Waals surface area contributed by atoms with Crippen LogP contribution in [0, 0.1) is 10.1 Å². The molecule has 110 valence electrons. The van der Waals surface area contributed by atoms with Gasteiger partial charge in [-0.05, 0) is 25.0 Å². The van der Waals surface area contributed by atoms with Crippen LogP contribution >= 0.6 is 0 Å². The Kier molecular flexibility index (Phi) is 4.36. The minimum absolute atomic E-state index is 0.0726. The van der Waals surface area contributed by atoms with E-state index < -0.39 is 14.9 Å². The fourth-order valence-electron chi connectivity index (χ4n) is 2.40. The Labute approximate surface area is 117 Å². The molecule has 0 aromatic heterocycles. The van der Waals surface area contributed by atoms with Crippen molar-refractivity contribution in [3.63, 3.8) is 0 Å². The first-order valence-electron chi connectivity index (χ1n) is 6.43. The lowest BCUT2D eigenvalue weighted by Crippen LogP contribution is -2.47. The molecule has 1 atom stereocenters. The lowest BCUT2D eigenvalue weighted by Gasteiger charge is -2.33. The number of nitrogens with zero attached hydrogens (tertiary/aromatic N) is 2. The van der Waals surface area contributed by atoms with Crippen molar-refractivity contribution >= 4 is 15.7 Å². The number of hydrogen-bond acceptors (Lipinski definition) is 5. The Morgan fingerprint density at radius 3 is 2.50 bits per heavy atom. The van der Waals surface area contributed by atoms with Gasteiger partial charge in [0.15, 0.2) is 0 Å². The van der Waals surface area contributed by atoms with E-state index in [1.165, 1.54) is 28.6 Å². The van der Waals surface area contributed by atoms with Crippen molar-refractivity contribution in [2.24, 2.45) is 5.73 Å². The molecule has 1 aliphatic heterocycles. The zero-order chi connectivity index (χ0) is 14.8. The van der Waals surface area contributed by atoms with Gasteiger partial charge in [-0.2, -0.15) is 4.31 Å². The molecule has 0 aliphatic carbocycles. The Morgan fingerprint density at radius 2 is 1.95 bits per heavy atom. The fraction of sp³-hybridized carbons (Fsp3) is 0.500. The molecule has 0 saturated carbocycles. The van der Waals surface area contributed by atoms with E-state index in [-0.39, 0.29) is 23.2 Å². The van der Waals surface area contributed by atoms with Crippen LogP contribution in [0.3, 0.4) is 0 Å². The maximum absolute atomic E-state index is 12.5. The van der Waals surface area contributed by atoms with Gasteiger partial charge in [0.2, 0.25) is 10.0 Å². The SMILES string of the molecule is NC[C@@H]1CCCCN1S(=O)(=O)c1ccc([N+](=O)[O-])cc1. The molecule has 1 aromatic carbocycles. The molecular weight excluding hydrogens is 282 g/mol. The number of sulfonamides is 1. The molecule has 7 nitrogen and oxygen atoms in total. The monoisotopic (exact) mass is 299 g/mol. The number of nitrogens with two attached hydrogens (primary N) is 1.